The number of hydrogen-bond acceptors (Lipinski definition) is 3. The van der Waals surface area contributed by atoms with Gasteiger partial charge in [0, 0.05) is 18.4 Å². The van der Waals surface area contributed by atoms with Gasteiger partial charge in [-0.1, -0.05) is 0 Å². The number of amides is 1. The minimum Gasteiger partial charge on any atom is -0.504 e. The van der Waals surface area contributed by atoms with Crippen molar-refractivity contribution >= 4 is 11.6 Å². The molecule has 2 N–H and O–H groups in total. The molecule has 2 aromatic heterocycles. The molecule has 0 unspecified atom stereocenters. The Labute approximate surface area is 92.7 Å². The summed E-state index contributed by atoms with van der Waals surface area (Å²) in [6.45, 7) is 3.76. The van der Waals surface area contributed by atoms with Gasteiger partial charge in [-0.2, -0.15) is 0 Å². The lowest BCUT2D eigenvalue weighted by Crippen LogP contribution is -2.30. The molecule has 0 aliphatic heterocycles. The number of nitrogens with zero attached hydrogens (tertiary/aromatic N) is 2. The van der Waals surface area contributed by atoms with Gasteiger partial charge >= 0.3 is 0 Å². The first-order valence-electron chi connectivity index (χ1n) is 5.05. The summed E-state index contributed by atoms with van der Waals surface area (Å²) in [4.78, 5) is 15.7. The molecule has 16 heavy (non-hydrogen) atoms. The van der Waals surface area contributed by atoms with Gasteiger partial charge in [-0.3, -0.25) is 4.79 Å². The molecule has 0 spiro atoms. The molecule has 2 rings (SSSR count). The van der Waals surface area contributed by atoms with Crippen molar-refractivity contribution in [1.29, 1.82) is 0 Å². The van der Waals surface area contributed by atoms with Crippen LogP contribution in [0.2, 0.25) is 0 Å². The summed E-state index contributed by atoms with van der Waals surface area (Å²) >= 11 is 0. The van der Waals surface area contributed by atoms with E-state index < -0.39 is 0 Å². The molecule has 5 heteroatoms. The summed E-state index contributed by atoms with van der Waals surface area (Å²) in [6.07, 6.45) is 3.32. The molecular weight excluding hydrogens is 206 g/mol. The van der Waals surface area contributed by atoms with Gasteiger partial charge in [0.05, 0.1) is 0 Å². The number of imidazole rings is 1. The Balaban J connectivity index is 2.40. The number of rotatable bonds is 2. The topological polar surface area (TPSA) is 66.6 Å². The third kappa shape index (κ3) is 1.84. The second-order valence-electron chi connectivity index (χ2n) is 3.88. The predicted molar refractivity (Wildman–Crippen MR) is 59.5 cm³/mol. The highest BCUT2D eigenvalue weighted by atomic mass is 16.3. The van der Waals surface area contributed by atoms with Crippen molar-refractivity contribution in [2.45, 2.75) is 19.9 Å². The molecule has 0 saturated carbocycles. The van der Waals surface area contributed by atoms with Crippen molar-refractivity contribution in [3.05, 3.63) is 30.2 Å². The fourth-order valence-electron chi connectivity index (χ4n) is 1.44. The van der Waals surface area contributed by atoms with E-state index in [-0.39, 0.29) is 17.7 Å². The maximum atomic E-state index is 11.7. The van der Waals surface area contributed by atoms with Gasteiger partial charge in [-0.05, 0) is 26.0 Å². The van der Waals surface area contributed by atoms with Gasteiger partial charge in [-0.15, -0.1) is 0 Å². The van der Waals surface area contributed by atoms with E-state index in [9.17, 15) is 9.90 Å². The number of hydrogen-bond donors (Lipinski definition) is 2. The van der Waals surface area contributed by atoms with Crippen LogP contribution < -0.4 is 5.32 Å². The van der Waals surface area contributed by atoms with Gasteiger partial charge in [0.2, 0.25) is 0 Å². The molecule has 0 aliphatic carbocycles. The molecule has 0 aromatic carbocycles. The van der Waals surface area contributed by atoms with Crippen molar-refractivity contribution in [1.82, 2.24) is 14.7 Å². The van der Waals surface area contributed by atoms with Crippen LogP contribution in [-0.4, -0.2) is 26.4 Å². The molecule has 84 valence electrons. The monoisotopic (exact) mass is 219 g/mol. The summed E-state index contributed by atoms with van der Waals surface area (Å²) in [5.74, 6) is -0.177. The van der Waals surface area contributed by atoms with Crippen LogP contribution in [0.5, 0.6) is 5.75 Å². The second-order valence-corrected chi connectivity index (χ2v) is 3.88. The average Bonchev–Trinajstić information content (AvgIpc) is 2.61. The van der Waals surface area contributed by atoms with Crippen LogP contribution in [0, 0.1) is 0 Å². The molecule has 2 aromatic rings. The van der Waals surface area contributed by atoms with Crippen LogP contribution in [0.25, 0.3) is 5.65 Å². The summed E-state index contributed by atoms with van der Waals surface area (Å²) in [6, 6.07) is 3.28. The van der Waals surface area contributed by atoms with E-state index in [0.717, 1.165) is 0 Å². The third-order valence-electron chi connectivity index (χ3n) is 2.11. The summed E-state index contributed by atoms with van der Waals surface area (Å²) in [5, 5.41) is 12.3. The number of carbonyl (C=O) groups excluding carboxylic acids is 1. The Hall–Kier alpha value is -2.04. The molecule has 5 nitrogen and oxygen atoms in total. The zero-order valence-electron chi connectivity index (χ0n) is 9.14. The number of fused-ring (bicyclic) bond motifs is 1. The fraction of sp³-hybridized carbons (Fsp3) is 0.273. The number of aromatic nitrogens is 2. The van der Waals surface area contributed by atoms with E-state index in [1.807, 2.05) is 13.8 Å². The van der Waals surface area contributed by atoms with Gasteiger partial charge in [-0.25, -0.2) is 4.98 Å². The number of carbonyl (C=O) groups is 1. The van der Waals surface area contributed by atoms with E-state index in [1.165, 1.54) is 6.07 Å². The van der Waals surface area contributed by atoms with Gasteiger partial charge in [0.1, 0.15) is 5.69 Å². The molecule has 0 bridgehead atoms. The van der Waals surface area contributed by atoms with Gasteiger partial charge in [0.25, 0.3) is 5.91 Å². The second kappa shape index (κ2) is 3.84. The van der Waals surface area contributed by atoms with E-state index in [0.29, 0.717) is 11.3 Å². The number of pyridine rings is 1. The Bertz CT molecular complexity index is 531. The van der Waals surface area contributed by atoms with Crippen LogP contribution in [0.1, 0.15) is 24.3 Å². The van der Waals surface area contributed by atoms with Crippen molar-refractivity contribution in [2.24, 2.45) is 0 Å². The van der Waals surface area contributed by atoms with E-state index >= 15 is 0 Å². The van der Waals surface area contributed by atoms with E-state index in [4.69, 9.17) is 0 Å². The molecule has 0 atom stereocenters. The lowest BCUT2D eigenvalue weighted by Gasteiger charge is -2.04. The van der Waals surface area contributed by atoms with Crippen LogP contribution in [0.4, 0.5) is 0 Å². The summed E-state index contributed by atoms with van der Waals surface area (Å²) in [5.41, 5.74) is 0.687. The molecule has 0 aliphatic rings. The largest absolute Gasteiger partial charge is 0.504 e. The lowest BCUT2D eigenvalue weighted by molar-refractivity contribution is 0.0938. The first-order chi connectivity index (χ1) is 7.58. The van der Waals surface area contributed by atoms with E-state index in [1.54, 1.807) is 22.9 Å². The predicted octanol–water partition coefficient (Wildman–Crippen LogP) is 1.18. The standard InChI is InChI=1S/C11H13N3O2/c1-7(2)12-11(16)8-6-14-5-3-4-9(15)10(14)13-8/h3-7,15H,1-2H3,(H,12,16). The fourth-order valence-corrected chi connectivity index (χ4v) is 1.44. The first kappa shape index (κ1) is 10.5. The van der Waals surface area contributed by atoms with E-state index in [2.05, 4.69) is 10.3 Å². The van der Waals surface area contributed by atoms with Crippen LogP contribution in [0.15, 0.2) is 24.5 Å². The minimum absolute atomic E-state index is 0.0610. The molecule has 2 heterocycles. The zero-order valence-corrected chi connectivity index (χ0v) is 9.14. The zero-order chi connectivity index (χ0) is 11.7. The Morgan fingerprint density at radius 1 is 1.56 bits per heavy atom. The van der Waals surface area contributed by atoms with Crippen molar-refractivity contribution in [3.63, 3.8) is 0 Å². The SMILES string of the molecule is CC(C)NC(=O)c1cn2cccc(O)c2n1. The lowest BCUT2D eigenvalue weighted by atomic mass is 10.3. The van der Waals surface area contributed by atoms with Crippen molar-refractivity contribution < 1.29 is 9.90 Å². The Kier molecular flexibility index (Phi) is 2.52. The molecule has 0 saturated heterocycles. The maximum absolute atomic E-state index is 11.7. The minimum atomic E-state index is -0.238. The van der Waals surface area contributed by atoms with Crippen molar-refractivity contribution in [3.8, 4) is 5.75 Å². The van der Waals surface area contributed by atoms with Crippen LogP contribution >= 0.6 is 0 Å². The number of nitrogens with one attached hydrogen (secondary N) is 1. The summed E-state index contributed by atoms with van der Waals surface area (Å²) < 4.78 is 1.62. The Morgan fingerprint density at radius 2 is 2.31 bits per heavy atom. The molecule has 1 amide bonds. The first-order valence-corrected chi connectivity index (χ1v) is 5.05. The van der Waals surface area contributed by atoms with Crippen LogP contribution in [0.3, 0.4) is 0 Å². The molecule has 0 radical (unpaired) electrons. The highest BCUT2D eigenvalue weighted by Gasteiger charge is 2.12. The third-order valence-corrected chi connectivity index (χ3v) is 2.11. The maximum Gasteiger partial charge on any atom is 0.271 e. The van der Waals surface area contributed by atoms with Gasteiger partial charge in [0.15, 0.2) is 11.4 Å². The van der Waals surface area contributed by atoms with Crippen LogP contribution in [-0.2, 0) is 0 Å². The highest BCUT2D eigenvalue weighted by molar-refractivity contribution is 5.93. The summed E-state index contributed by atoms with van der Waals surface area (Å²) in [7, 11) is 0. The quantitative estimate of drug-likeness (QED) is 0.797. The highest BCUT2D eigenvalue weighted by Crippen LogP contribution is 2.16. The van der Waals surface area contributed by atoms with Crippen molar-refractivity contribution in [2.75, 3.05) is 0 Å². The smallest absolute Gasteiger partial charge is 0.271 e. The number of aromatic hydroxyl groups is 1. The molecule has 0 fully saturated rings. The van der Waals surface area contributed by atoms with Gasteiger partial charge < -0.3 is 14.8 Å². The average molecular weight is 219 g/mol. The molecular formula is C11H13N3O2. The normalized spacial score (nSPS) is 10.9. The Morgan fingerprint density at radius 3 is 2.94 bits per heavy atom.